The summed E-state index contributed by atoms with van der Waals surface area (Å²) >= 11 is 5.50. The summed E-state index contributed by atoms with van der Waals surface area (Å²) in [6, 6.07) is 24.3. The van der Waals surface area contributed by atoms with Gasteiger partial charge in [-0.15, -0.1) is 0 Å². The van der Waals surface area contributed by atoms with Gasteiger partial charge in [0.25, 0.3) is 0 Å². The number of nitrogens with zero attached hydrogens (tertiary/aromatic N) is 1. The number of anilines is 1. The number of amides is 2. The topological polar surface area (TPSA) is 54.0 Å². The van der Waals surface area contributed by atoms with Crippen molar-refractivity contribution < 1.29 is 18.0 Å². The molecule has 0 saturated heterocycles. The van der Waals surface area contributed by atoms with E-state index in [-0.39, 0.29) is 12.0 Å². The Morgan fingerprint density at radius 1 is 0.889 bits per heavy atom. The maximum atomic E-state index is 13.7. The van der Waals surface area contributed by atoms with Crippen molar-refractivity contribution >= 4 is 50.2 Å². The molecule has 0 saturated carbocycles. The van der Waals surface area contributed by atoms with Crippen molar-refractivity contribution in [1.29, 1.82) is 0 Å². The predicted molar refractivity (Wildman–Crippen MR) is 146 cm³/mol. The van der Waals surface area contributed by atoms with Gasteiger partial charge >= 0.3 is 12.2 Å². The molecular weight excluding hydrogens is 646 g/mol. The van der Waals surface area contributed by atoms with E-state index >= 15 is 0 Å². The molecule has 1 aromatic heterocycles. The monoisotopic (exact) mass is 665 g/mol. The summed E-state index contributed by atoms with van der Waals surface area (Å²) in [6.45, 7) is 0. The zero-order chi connectivity index (χ0) is 25.8. The van der Waals surface area contributed by atoms with Crippen LogP contribution < -0.4 is 10.6 Å². The number of hydrogen-bond donors (Lipinski definition) is 2. The first-order valence-corrected chi connectivity index (χ1v) is 12.7. The zero-order valence-corrected chi connectivity index (χ0v) is 22.4. The van der Waals surface area contributed by atoms with Gasteiger partial charge in [0.05, 0.1) is 11.3 Å². The van der Waals surface area contributed by atoms with Gasteiger partial charge in [-0.25, -0.2) is 4.79 Å². The van der Waals surface area contributed by atoms with Crippen LogP contribution in [-0.2, 0) is 18.1 Å². The highest BCUT2D eigenvalue weighted by Crippen LogP contribution is 2.37. The van der Waals surface area contributed by atoms with Crippen molar-refractivity contribution in [3.63, 3.8) is 0 Å². The van der Waals surface area contributed by atoms with Crippen molar-refractivity contribution in [2.75, 3.05) is 5.32 Å². The van der Waals surface area contributed by atoms with Crippen molar-refractivity contribution in [3.8, 4) is 0 Å². The van der Waals surface area contributed by atoms with E-state index in [1.165, 1.54) is 6.07 Å². The maximum Gasteiger partial charge on any atom is 0.416 e. The molecule has 0 spiro atoms. The van der Waals surface area contributed by atoms with Gasteiger partial charge in [0.2, 0.25) is 0 Å². The fourth-order valence-corrected chi connectivity index (χ4v) is 4.71. The summed E-state index contributed by atoms with van der Waals surface area (Å²) in [4.78, 5) is 17.9. The van der Waals surface area contributed by atoms with E-state index in [4.69, 9.17) is 0 Å². The number of carbonyl (C=O) groups excluding carboxylic acids is 1. The Bertz CT molecular complexity index is 1350. The van der Waals surface area contributed by atoms with Gasteiger partial charge in [-0.3, -0.25) is 4.98 Å². The van der Waals surface area contributed by atoms with E-state index in [2.05, 4.69) is 54.1 Å². The van der Waals surface area contributed by atoms with E-state index in [9.17, 15) is 18.0 Å². The molecule has 4 aromatic rings. The quantitative estimate of drug-likeness (QED) is 0.207. The average molecular weight is 666 g/mol. The largest absolute Gasteiger partial charge is 0.416 e. The van der Waals surface area contributed by atoms with Gasteiger partial charge in [-0.05, 0) is 92.1 Å². The number of nitrogens with one attached hydrogen (secondary N) is 2. The van der Waals surface area contributed by atoms with Crippen molar-refractivity contribution in [3.05, 3.63) is 128 Å². The number of halogens is 5. The van der Waals surface area contributed by atoms with Crippen LogP contribution in [0.15, 0.2) is 102 Å². The van der Waals surface area contributed by atoms with Crippen LogP contribution in [0.2, 0.25) is 0 Å². The van der Waals surface area contributed by atoms with Gasteiger partial charge in [0, 0.05) is 26.3 Å². The van der Waals surface area contributed by atoms with Crippen LogP contribution in [0.3, 0.4) is 0 Å². The number of benzene rings is 3. The maximum absolute atomic E-state index is 13.7. The van der Waals surface area contributed by atoms with Crippen LogP contribution in [0.5, 0.6) is 0 Å². The molecule has 2 amide bonds. The fourth-order valence-electron chi connectivity index (χ4n) is 3.93. The second-order valence-electron chi connectivity index (χ2n) is 8.10. The smallest absolute Gasteiger partial charge is 0.322 e. The van der Waals surface area contributed by atoms with E-state index in [0.717, 1.165) is 21.3 Å². The van der Waals surface area contributed by atoms with Crippen LogP contribution in [0.4, 0.5) is 23.7 Å². The molecule has 0 bridgehead atoms. The number of hydrogen-bond acceptors (Lipinski definition) is 2. The summed E-state index contributed by atoms with van der Waals surface area (Å²) in [5.41, 5.74) is -0.195. The Morgan fingerprint density at radius 2 is 1.61 bits per heavy atom. The highest BCUT2D eigenvalue weighted by atomic mass is 127. The van der Waals surface area contributed by atoms with Crippen LogP contribution >= 0.6 is 38.5 Å². The molecule has 1 unspecified atom stereocenters. The third kappa shape index (κ3) is 6.25. The van der Waals surface area contributed by atoms with E-state index in [1.807, 2.05) is 36.4 Å². The van der Waals surface area contributed by atoms with Crippen LogP contribution in [0.25, 0.3) is 0 Å². The minimum Gasteiger partial charge on any atom is -0.322 e. The van der Waals surface area contributed by atoms with Crippen LogP contribution in [0.1, 0.15) is 22.4 Å². The van der Waals surface area contributed by atoms with Gasteiger partial charge in [-0.2, -0.15) is 13.2 Å². The molecule has 1 heterocycles. The summed E-state index contributed by atoms with van der Waals surface area (Å²) in [6.07, 6.45) is -2.82. The molecular formula is C27H20BrF3IN3O. The standard InChI is InChI=1S/C27H20BrF3IN3O/c28-21-12-13-24(33-17-21)26(16-18-6-2-1-3-7-18,19-8-4-9-20(14-19)27(29,30)31)35-25(36)34-23-11-5-10-22(32)15-23/h1-15,17H,16H2,(H2,34,35,36). The molecule has 3 aromatic carbocycles. The Balaban J connectivity index is 1.87. The molecule has 0 aliphatic heterocycles. The lowest BCUT2D eigenvalue weighted by molar-refractivity contribution is -0.137. The van der Waals surface area contributed by atoms with E-state index < -0.39 is 23.3 Å². The molecule has 0 aliphatic carbocycles. The van der Waals surface area contributed by atoms with E-state index in [1.54, 1.807) is 42.6 Å². The van der Waals surface area contributed by atoms with Gasteiger partial charge in [0.1, 0.15) is 5.54 Å². The molecule has 0 aliphatic rings. The second kappa shape index (κ2) is 11.0. The molecule has 1 atom stereocenters. The molecule has 184 valence electrons. The number of aromatic nitrogens is 1. The highest BCUT2D eigenvalue weighted by molar-refractivity contribution is 14.1. The van der Waals surface area contributed by atoms with Crippen molar-refractivity contribution in [1.82, 2.24) is 10.3 Å². The molecule has 2 N–H and O–H groups in total. The Hall–Kier alpha value is -2.92. The molecule has 0 fully saturated rings. The predicted octanol–water partition coefficient (Wildman–Crippen LogP) is 7.78. The first-order chi connectivity index (χ1) is 17.2. The fraction of sp³-hybridized carbons (Fsp3) is 0.111. The lowest BCUT2D eigenvalue weighted by Crippen LogP contribution is -2.50. The molecule has 4 rings (SSSR count). The number of pyridine rings is 1. The van der Waals surface area contributed by atoms with Crippen LogP contribution in [-0.4, -0.2) is 11.0 Å². The Morgan fingerprint density at radius 3 is 2.28 bits per heavy atom. The van der Waals surface area contributed by atoms with Crippen LogP contribution in [0, 0.1) is 3.57 Å². The minimum atomic E-state index is -4.55. The number of alkyl halides is 3. The first-order valence-electron chi connectivity index (χ1n) is 10.8. The number of carbonyl (C=O) groups is 1. The lowest BCUT2D eigenvalue weighted by atomic mass is 9.80. The van der Waals surface area contributed by atoms with Gasteiger partial charge in [0.15, 0.2) is 0 Å². The Kier molecular flexibility index (Phi) is 7.99. The molecule has 36 heavy (non-hydrogen) atoms. The molecule has 4 nitrogen and oxygen atoms in total. The third-order valence-electron chi connectivity index (χ3n) is 5.57. The highest BCUT2D eigenvalue weighted by Gasteiger charge is 2.40. The summed E-state index contributed by atoms with van der Waals surface area (Å²) in [5, 5.41) is 5.79. The number of rotatable bonds is 6. The summed E-state index contributed by atoms with van der Waals surface area (Å²) in [7, 11) is 0. The average Bonchev–Trinajstić information content (AvgIpc) is 2.84. The van der Waals surface area contributed by atoms with E-state index in [0.29, 0.717) is 15.9 Å². The Labute approximate surface area is 228 Å². The van der Waals surface area contributed by atoms with Crippen molar-refractivity contribution in [2.24, 2.45) is 0 Å². The van der Waals surface area contributed by atoms with Gasteiger partial charge < -0.3 is 10.6 Å². The summed E-state index contributed by atoms with van der Waals surface area (Å²) in [5.74, 6) is 0. The number of urea groups is 1. The first kappa shape index (κ1) is 26.2. The minimum absolute atomic E-state index is 0.170. The lowest BCUT2D eigenvalue weighted by Gasteiger charge is -2.36. The normalized spacial score (nSPS) is 13.0. The summed E-state index contributed by atoms with van der Waals surface area (Å²) < 4.78 is 42.7. The SMILES string of the molecule is O=C(Nc1cccc(I)c1)NC(Cc1ccccc1)(c1cccc(C(F)(F)F)c1)c1ccc(Br)cn1. The third-order valence-corrected chi connectivity index (χ3v) is 6.71. The van der Waals surface area contributed by atoms with Gasteiger partial charge in [-0.1, -0.05) is 48.5 Å². The molecule has 9 heteroatoms. The second-order valence-corrected chi connectivity index (χ2v) is 10.3. The zero-order valence-electron chi connectivity index (χ0n) is 18.7. The molecule has 0 radical (unpaired) electrons. The van der Waals surface area contributed by atoms with Crippen molar-refractivity contribution in [2.45, 2.75) is 18.1 Å².